The number of hydrogen-bond donors (Lipinski definition) is 2. The minimum atomic E-state index is -0.971. The molecule has 34 heavy (non-hydrogen) atoms. The third-order valence-electron chi connectivity index (χ3n) is 6.58. The summed E-state index contributed by atoms with van der Waals surface area (Å²) in [6.07, 6.45) is 7.17. The second-order valence-electron chi connectivity index (χ2n) is 8.94. The molecule has 0 saturated carbocycles. The number of nitrogens with one attached hydrogen (secondary N) is 1. The molecule has 2 aliphatic rings. The van der Waals surface area contributed by atoms with Gasteiger partial charge >= 0.3 is 5.97 Å². The first-order valence-electron chi connectivity index (χ1n) is 11.4. The molecule has 1 aliphatic carbocycles. The molecule has 3 aromatic rings. The smallest absolute Gasteiger partial charge is 0.307 e. The quantitative estimate of drug-likeness (QED) is 0.573. The number of aliphatic carboxylic acids is 1. The van der Waals surface area contributed by atoms with Gasteiger partial charge in [0, 0.05) is 12.2 Å². The Morgan fingerprint density at radius 3 is 2.68 bits per heavy atom. The van der Waals surface area contributed by atoms with Crippen molar-refractivity contribution < 1.29 is 14.7 Å². The number of amides is 1. The van der Waals surface area contributed by atoms with E-state index in [2.05, 4.69) is 17.5 Å². The summed E-state index contributed by atoms with van der Waals surface area (Å²) >= 11 is 0. The van der Waals surface area contributed by atoms with Crippen molar-refractivity contribution in [2.24, 2.45) is 11.8 Å². The summed E-state index contributed by atoms with van der Waals surface area (Å²) in [5, 5.41) is 12.8. The van der Waals surface area contributed by atoms with Crippen LogP contribution in [0.25, 0.3) is 22.6 Å². The van der Waals surface area contributed by atoms with Gasteiger partial charge in [-0.3, -0.25) is 19.0 Å². The number of rotatable bonds is 4. The first-order chi connectivity index (χ1) is 16.4. The average molecular weight is 456 g/mol. The number of allylic oxidation sites excluding steroid dienone is 3. The first kappa shape index (κ1) is 21.8. The van der Waals surface area contributed by atoms with Crippen LogP contribution in [-0.4, -0.2) is 26.5 Å². The zero-order valence-corrected chi connectivity index (χ0v) is 18.8. The third kappa shape index (κ3) is 4.05. The minimum absolute atomic E-state index is 0.103. The van der Waals surface area contributed by atoms with E-state index in [1.54, 1.807) is 28.8 Å². The Morgan fingerprint density at radius 2 is 1.91 bits per heavy atom. The van der Waals surface area contributed by atoms with Crippen LogP contribution >= 0.6 is 0 Å². The number of carboxylic acid groups (broad SMARTS) is 1. The van der Waals surface area contributed by atoms with Crippen LogP contribution in [0, 0.1) is 18.8 Å². The molecule has 1 amide bonds. The SMILES string of the molecule is Cc1cccc(C=C2CCn3c2nc2cc(NC(=O)[C@H]4CC=CC[C@H]4C(=O)O)ccc2c3=O)c1. The Labute approximate surface area is 196 Å². The highest BCUT2D eigenvalue weighted by Crippen LogP contribution is 2.30. The van der Waals surface area contributed by atoms with Gasteiger partial charge < -0.3 is 10.4 Å². The lowest BCUT2D eigenvalue weighted by atomic mass is 9.82. The monoisotopic (exact) mass is 455 g/mol. The van der Waals surface area contributed by atoms with Gasteiger partial charge in [-0.15, -0.1) is 0 Å². The van der Waals surface area contributed by atoms with Crippen LogP contribution in [0.1, 0.15) is 36.2 Å². The van der Waals surface area contributed by atoms with Crippen LogP contribution in [-0.2, 0) is 16.1 Å². The number of carbonyl (C=O) groups excluding carboxylic acids is 1. The van der Waals surface area contributed by atoms with Gasteiger partial charge in [-0.2, -0.15) is 0 Å². The molecule has 2 heterocycles. The molecule has 7 nitrogen and oxygen atoms in total. The molecule has 0 unspecified atom stereocenters. The highest BCUT2D eigenvalue weighted by atomic mass is 16.4. The normalized spacial score (nSPS) is 20.4. The molecule has 0 radical (unpaired) electrons. The zero-order valence-electron chi connectivity index (χ0n) is 18.8. The highest BCUT2D eigenvalue weighted by Gasteiger charge is 2.34. The number of aryl methyl sites for hydroxylation is 1. The summed E-state index contributed by atoms with van der Waals surface area (Å²) in [7, 11) is 0. The van der Waals surface area contributed by atoms with E-state index in [1.165, 1.54) is 0 Å². The maximum Gasteiger partial charge on any atom is 0.307 e. The summed E-state index contributed by atoms with van der Waals surface area (Å²) in [6.45, 7) is 2.62. The van der Waals surface area contributed by atoms with Crippen LogP contribution in [0.15, 0.2) is 59.4 Å². The fourth-order valence-electron chi connectivity index (χ4n) is 4.81. The van der Waals surface area contributed by atoms with Crippen molar-refractivity contribution in [2.45, 2.75) is 32.7 Å². The van der Waals surface area contributed by atoms with Crippen LogP contribution in [0.2, 0.25) is 0 Å². The van der Waals surface area contributed by atoms with Crippen molar-refractivity contribution in [1.29, 1.82) is 0 Å². The van der Waals surface area contributed by atoms with Crippen LogP contribution in [0.4, 0.5) is 5.69 Å². The Hall–Kier alpha value is -4.00. The first-order valence-corrected chi connectivity index (χ1v) is 11.4. The average Bonchev–Trinajstić information content (AvgIpc) is 3.21. The van der Waals surface area contributed by atoms with Gasteiger partial charge in [0.2, 0.25) is 5.91 Å². The zero-order chi connectivity index (χ0) is 23.8. The summed E-state index contributed by atoms with van der Waals surface area (Å²) in [6, 6.07) is 13.2. The third-order valence-corrected chi connectivity index (χ3v) is 6.58. The van der Waals surface area contributed by atoms with E-state index in [0.717, 1.165) is 23.1 Å². The van der Waals surface area contributed by atoms with Gasteiger partial charge in [-0.05, 0) is 61.6 Å². The molecule has 0 fully saturated rings. The lowest BCUT2D eigenvalue weighted by Crippen LogP contribution is -2.34. The Kier molecular flexibility index (Phi) is 5.61. The number of nitrogens with zero attached hydrogens (tertiary/aromatic N) is 2. The van der Waals surface area contributed by atoms with E-state index in [4.69, 9.17) is 4.98 Å². The van der Waals surface area contributed by atoms with Gasteiger partial charge in [0.1, 0.15) is 5.82 Å². The standard InChI is InChI=1S/C27H25N3O4/c1-16-5-4-6-17(13-16)14-18-11-12-30-24(18)29-23-15-19(9-10-22(23)26(30)32)28-25(31)20-7-2-3-8-21(20)27(33)34/h2-6,9-10,13-15,20-21H,7-8,11-12H2,1H3,(H,28,31)(H,33,34)/t20-,21+/m0/s1. The highest BCUT2D eigenvalue weighted by molar-refractivity contribution is 5.97. The molecule has 2 N–H and O–H groups in total. The predicted octanol–water partition coefficient (Wildman–Crippen LogP) is 4.25. The fraction of sp³-hybridized carbons (Fsp3) is 0.259. The molecule has 2 aromatic carbocycles. The van der Waals surface area contributed by atoms with Gasteiger partial charge in [-0.25, -0.2) is 4.98 Å². The summed E-state index contributed by atoms with van der Waals surface area (Å²) in [5.41, 5.74) is 4.12. The molecule has 1 aliphatic heterocycles. The van der Waals surface area contributed by atoms with Crippen molar-refractivity contribution in [3.63, 3.8) is 0 Å². The predicted molar refractivity (Wildman–Crippen MR) is 131 cm³/mol. The van der Waals surface area contributed by atoms with E-state index < -0.39 is 17.8 Å². The number of anilines is 1. The molecule has 1 aromatic heterocycles. The van der Waals surface area contributed by atoms with Gasteiger partial charge in [-0.1, -0.05) is 42.0 Å². The van der Waals surface area contributed by atoms with E-state index in [-0.39, 0.29) is 11.5 Å². The summed E-state index contributed by atoms with van der Waals surface area (Å²) in [4.78, 5) is 42.3. The van der Waals surface area contributed by atoms with E-state index in [1.807, 2.05) is 31.2 Å². The lowest BCUT2D eigenvalue weighted by molar-refractivity contribution is -0.146. The number of hydrogen-bond acceptors (Lipinski definition) is 4. The molecular weight excluding hydrogens is 430 g/mol. The van der Waals surface area contributed by atoms with Crippen molar-refractivity contribution in [1.82, 2.24) is 9.55 Å². The number of carbonyl (C=O) groups is 2. The number of aromatic nitrogens is 2. The van der Waals surface area contributed by atoms with Crippen LogP contribution in [0.3, 0.4) is 0 Å². The van der Waals surface area contributed by atoms with E-state index >= 15 is 0 Å². The van der Waals surface area contributed by atoms with Gasteiger partial charge in [0.25, 0.3) is 5.56 Å². The van der Waals surface area contributed by atoms with E-state index in [0.29, 0.717) is 41.8 Å². The molecule has 0 spiro atoms. The number of fused-ring (bicyclic) bond motifs is 2. The Bertz CT molecular complexity index is 1430. The number of carboxylic acids is 1. The summed E-state index contributed by atoms with van der Waals surface area (Å²) < 4.78 is 1.70. The molecular formula is C27H25N3O4. The van der Waals surface area contributed by atoms with Crippen molar-refractivity contribution in [2.75, 3.05) is 5.32 Å². The number of benzene rings is 2. The van der Waals surface area contributed by atoms with Crippen LogP contribution < -0.4 is 10.9 Å². The second kappa shape index (κ2) is 8.74. The van der Waals surface area contributed by atoms with Crippen molar-refractivity contribution >= 4 is 40.1 Å². The summed E-state index contributed by atoms with van der Waals surface area (Å²) in [5.74, 6) is -2.05. The largest absolute Gasteiger partial charge is 0.481 e. The topological polar surface area (TPSA) is 101 Å². The molecule has 7 heteroatoms. The van der Waals surface area contributed by atoms with Crippen molar-refractivity contribution in [3.05, 3.63) is 81.9 Å². The van der Waals surface area contributed by atoms with Gasteiger partial charge in [0.15, 0.2) is 0 Å². The Morgan fingerprint density at radius 1 is 1.12 bits per heavy atom. The molecule has 172 valence electrons. The maximum atomic E-state index is 13.1. The van der Waals surface area contributed by atoms with Gasteiger partial charge in [0.05, 0.1) is 22.7 Å². The molecule has 2 atom stereocenters. The fourth-order valence-corrected chi connectivity index (χ4v) is 4.81. The van der Waals surface area contributed by atoms with Crippen molar-refractivity contribution in [3.8, 4) is 0 Å². The Balaban J connectivity index is 1.47. The molecule has 0 saturated heterocycles. The minimum Gasteiger partial charge on any atom is -0.481 e. The molecule has 5 rings (SSSR count). The lowest BCUT2D eigenvalue weighted by Gasteiger charge is -2.24. The van der Waals surface area contributed by atoms with E-state index in [9.17, 15) is 19.5 Å². The molecule has 0 bridgehead atoms. The maximum absolute atomic E-state index is 13.1. The second-order valence-corrected chi connectivity index (χ2v) is 8.94. The van der Waals surface area contributed by atoms with Crippen LogP contribution in [0.5, 0.6) is 0 Å².